The lowest BCUT2D eigenvalue weighted by molar-refractivity contribution is -0.155. The Morgan fingerprint density at radius 1 is 1.28 bits per heavy atom. The lowest BCUT2D eigenvalue weighted by Gasteiger charge is -2.44. The molecular weight excluding hydrogens is 314 g/mol. The summed E-state index contributed by atoms with van der Waals surface area (Å²) in [5.41, 5.74) is 1.26. The summed E-state index contributed by atoms with van der Waals surface area (Å²) >= 11 is 0. The zero-order valence-electron chi connectivity index (χ0n) is 15.2. The molecule has 3 aliphatic heterocycles. The maximum Gasteiger partial charge on any atom is 0.311 e. The van der Waals surface area contributed by atoms with E-state index in [-0.39, 0.29) is 23.5 Å². The van der Waals surface area contributed by atoms with Crippen molar-refractivity contribution in [2.24, 2.45) is 5.92 Å². The van der Waals surface area contributed by atoms with E-state index >= 15 is 0 Å². The van der Waals surface area contributed by atoms with E-state index in [1.807, 2.05) is 0 Å². The monoisotopic (exact) mass is 343 g/mol. The van der Waals surface area contributed by atoms with E-state index in [0.29, 0.717) is 12.7 Å². The van der Waals surface area contributed by atoms with Crippen molar-refractivity contribution < 1.29 is 14.3 Å². The number of fused-ring (bicyclic) bond motifs is 2. The second kappa shape index (κ2) is 7.08. The molecule has 4 nitrogen and oxygen atoms in total. The quantitative estimate of drug-likeness (QED) is 0.767. The summed E-state index contributed by atoms with van der Waals surface area (Å²) in [5, 5.41) is 0. The Labute approximate surface area is 150 Å². The standard InChI is InChI=1S/C21H29NO3/c1-21(15-24-20(23)18-13-17-9-10-19(18)25-17)11-5-6-12-22(21)14-16-7-3-2-4-8-16/h2-4,7-8,17-19H,5-6,9-15H2,1H3/t17-,18-,19-,21-/m1/s1. The number of piperidine rings is 1. The topological polar surface area (TPSA) is 38.8 Å². The van der Waals surface area contributed by atoms with Crippen LogP contribution in [0.15, 0.2) is 30.3 Å². The first-order valence-electron chi connectivity index (χ1n) is 9.75. The van der Waals surface area contributed by atoms with Gasteiger partial charge in [-0.1, -0.05) is 36.8 Å². The van der Waals surface area contributed by atoms with E-state index in [2.05, 4.69) is 42.2 Å². The molecule has 0 saturated carbocycles. The van der Waals surface area contributed by atoms with Crippen LogP contribution in [0.2, 0.25) is 0 Å². The molecule has 3 heterocycles. The smallest absolute Gasteiger partial charge is 0.311 e. The summed E-state index contributed by atoms with van der Waals surface area (Å²) in [5.74, 6) is -0.0767. The van der Waals surface area contributed by atoms with Crippen LogP contribution in [0.3, 0.4) is 0 Å². The highest BCUT2D eigenvalue weighted by atomic mass is 16.5. The zero-order valence-corrected chi connectivity index (χ0v) is 15.2. The molecule has 4 heteroatoms. The van der Waals surface area contributed by atoms with E-state index in [4.69, 9.17) is 9.47 Å². The molecule has 0 aromatic heterocycles. The number of carbonyl (C=O) groups excluding carboxylic acids is 1. The third-order valence-corrected chi connectivity index (χ3v) is 6.31. The molecule has 0 unspecified atom stereocenters. The highest BCUT2D eigenvalue weighted by Crippen LogP contribution is 2.39. The Bertz CT molecular complexity index is 604. The molecule has 2 bridgehead atoms. The van der Waals surface area contributed by atoms with Crippen molar-refractivity contribution in [3.05, 3.63) is 35.9 Å². The normalized spacial score (nSPS) is 35.0. The Hall–Kier alpha value is -1.39. The van der Waals surface area contributed by atoms with Crippen LogP contribution in [-0.2, 0) is 20.8 Å². The minimum Gasteiger partial charge on any atom is -0.463 e. The van der Waals surface area contributed by atoms with Gasteiger partial charge in [-0.15, -0.1) is 0 Å². The molecular formula is C21H29NO3. The molecule has 1 aromatic carbocycles. The second-order valence-corrected chi connectivity index (χ2v) is 8.19. The molecule has 4 rings (SSSR count). The second-order valence-electron chi connectivity index (χ2n) is 8.19. The van der Waals surface area contributed by atoms with Crippen molar-refractivity contribution in [3.8, 4) is 0 Å². The van der Waals surface area contributed by atoms with Gasteiger partial charge in [-0.25, -0.2) is 0 Å². The van der Waals surface area contributed by atoms with Crippen LogP contribution in [-0.4, -0.2) is 41.8 Å². The average Bonchev–Trinajstić information content (AvgIpc) is 3.26. The maximum atomic E-state index is 12.6. The number of hydrogen-bond acceptors (Lipinski definition) is 4. The van der Waals surface area contributed by atoms with Crippen LogP contribution >= 0.6 is 0 Å². The number of rotatable bonds is 5. The first kappa shape index (κ1) is 17.0. The zero-order chi connectivity index (χ0) is 17.3. The summed E-state index contributed by atoms with van der Waals surface area (Å²) in [4.78, 5) is 15.1. The van der Waals surface area contributed by atoms with Crippen LogP contribution in [0.1, 0.15) is 51.0 Å². The van der Waals surface area contributed by atoms with Gasteiger partial charge < -0.3 is 9.47 Å². The number of hydrogen-bond donors (Lipinski definition) is 0. The van der Waals surface area contributed by atoms with Gasteiger partial charge in [-0.05, 0) is 51.1 Å². The molecule has 136 valence electrons. The number of ether oxygens (including phenoxy) is 2. The van der Waals surface area contributed by atoms with Crippen LogP contribution in [0.5, 0.6) is 0 Å². The molecule has 0 aliphatic carbocycles. The van der Waals surface area contributed by atoms with Gasteiger partial charge in [0.15, 0.2) is 0 Å². The molecule has 3 fully saturated rings. The SMILES string of the molecule is C[C@]1(COC(=O)[C@@H]2C[C@H]3CC[C@H]2O3)CCCCN1Cc1ccccc1. The average molecular weight is 343 g/mol. The minimum absolute atomic E-state index is 0.0338. The summed E-state index contributed by atoms with van der Waals surface area (Å²) < 4.78 is 11.6. The van der Waals surface area contributed by atoms with E-state index < -0.39 is 0 Å². The van der Waals surface area contributed by atoms with E-state index in [1.54, 1.807) is 0 Å². The highest BCUT2D eigenvalue weighted by Gasteiger charge is 2.46. The number of nitrogens with zero attached hydrogens (tertiary/aromatic N) is 1. The van der Waals surface area contributed by atoms with Gasteiger partial charge in [-0.2, -0.15) is 0 Å². The van der Waals surface area contributed by atoms with E-state index in [1.165, 1.54) is 18.4 Å². The van der Waals surface area contributed by atoms with Crippen molar-refractivity contribution in [2.45, 2.75) is 69.7 Å². The molecule has 0 N–H and O–H groups in total. The fourth-order valence-corrected chi connectivity index (χ4v) is 4.69. The van der Waals surface area contributed by atoms with Crippen molar-refractivity contribution in [1.82, 2.24) is 4.90 Å². The summed E-state index contributed by atoms with van der Waals surface area (Å²) in [7, 11) is 0. The van der Waals surface area contributed by atoms with Gasteiger partial charge in [0.25, 0.3) is 0 Å². The summed E-state index contributed by atoms with van der Waals surface area (Å²) in [6, 6.07) is 10.6. The third kappa shape index (κ3) is 3.61. The van der Waals surface area contributed by atoms with Crippen LogP contribution in [0, 0.1) is 5.92 Å². The molecule has 4 atom stereocenters. The van der Waals surface area contributed by atoms with Crippen molar-refractivity contribution in [3.63, 3.8) is 0 Å². The van der Waals surface area contributed by atoms with Crippen LogP contribution < -0.4 is 0 Å². The summed E-state index contributed by atoms with van der Waals surface area (Å²) in [6.45, 7) is 4.73. The molecule has 0 radical (unpaired) electrons. The predicted molar refractivity (Wildman–Crippen MR) is 96.1 cm³/mol. The highest BCUT2D eigenvalue weighted by molar-refractivity contribution is 5.73. The van der Waals surface area contributed by atoms with Crippen LogP contribution in [0.25, 0.3) is 0 Å². The van der Waals surface area contributed by atoms with Gasteiger partial charge in [-0.3, -0.25) is 9.69 Å². The number of likely N-dealkylation sites (tertiary alicyclic amines) is 1. The number of esters is 1. The Morgan fingerprint density at radius 3 is 2.84 bits per heavy atom. The molecule has 0 amide bonds. The third-order valence-electron chi connectivity index (χ3n) is 6.31. The largest absolute Gasteiger partial charge is 0.463 e. The molecule has 3 saturated heterocycles. The van der Waals surface area contributed by atoms with Crippen molar-refractivity contribution in [1.29, 1.82) is 0 Å². The maximum absolute atomic E-state index is 12.6. The van der Waals surface area contributed by atoms with Gasteiger partial charge in [0.1, 0.15) is 6.61 Å². The molecule has 1 aromatic rings. The minimum atomic E-state index is -0.0672. The fourth-order valence-electron chi connectivity index (χ4n) is 4.69. The first-order valence-corrected chi connectivity index (χ1v) is 9.75. The van der Waals surface area contributed by atoms with Gasteiger partial charge in [0.2, 0.25) is 0 Å². The molecule has 3 aliphatic rings. The number of carbonyl (C=O) groups is 1. The Morgan fingerprint density at radius 2 is 2.12 bits per heavy atom. The predicted octanol–water partition coefficient (Wildman–Crippen LogP) is 3.54. The first-order chi connectivity index (χ1) is 12.1. The fraction of sp³-hybridized carbons (Fsp3) is 0.667. The van der Waals surface area contributed by atoms with Crippen molar-refractivity contribution in [2.75, 3.05) is 13.2 Å². The van der Waals surface area contributed by atoms with Gasteiger partial charge >= 0.3 is 5.97 Å². The Balaban J connectivity index is 1.37. The summed E-state index contributed by atoms with van der Waals surface area (Å²) in [6.07, 6.45) is 6.89. The lowest BCUT2D eigenvalue weighted by Crippen LogP contribution is -2.52. The lowest BCUT2D eigenvalue weighted by atomic mass is 9.87. The molecule has 25 heavy (non-hydrogen) atoms. The Kier molecular flexibility index (Phi) is 4.83. The van der Waals surface area contributed by atoms with Gasteiger partial charge in [0, 0.05) is 6.54 Å². The van der Waals surface area contributed by atoms with Gasteiger partial charge in [0.05, 0.1) is 23.7 Å². The van der Waals surface area contributed by atoms with E-state index in [9.17, 15) is 4.79 Å². The van der Waals surface area contributed by atoms with Crippen LogP contribution in [0.4, 0.5) is 0 Å². The molecule has 0 spiro atoms. The van der Waals surface area contributed by atoms with E-state index in [0.717, 1.165) is 38.8 Å². The van der Waals surface area contributed by atoms with Crippen molar-refractivity contribution >= 4 is 5.97 Å². The number of benzene rings is 1.